The van der Waals surface area contributed by atoms with Gasteiger partial charge in [-0.15, -0.1) is 0 Å². The highest BCUT2D eigenvalue weighted by Gasteiger charge is 2.24. The molecule has 21 heavy (non-hydrogen) atoms. The lowest BCUT2D eigenvalue weighted by atomic mass is 10.4. The SMILES string of the molecule is CC(C)S(=O)(=O)c1ncccc1Nc1nc(Cl)ncc1F. The van der Waals surface area contributed by atoms with Gasteiger partial charge in [0.2, 0.25) is 5.28 Å². The molecule has 2 aromatic rings. The Labute approximate surface area is 126 Å². The topological polar surface area (TPSA) is 84.8 Å². The molecular weight excluding hydrogens is 319 g/mol. The van der Waals surface area contributed by atoms with E-state index in [0.717, 1.165) is 6.20 Å². The summed E-state index contributed by atoms with van der Waals surface area (Å²) in [6.45, 7) is 3.08. The number of nitrogens with one attached hydrogen (secondary N) is 1. The van der Waals surface area contributed by atoms with Gasteiger partial charge in [-0.2, -0.15) is 4.98 Å². The van der Waals surface area contributed by atoms with Gasteiger partial charge in [0.25, 0.3) is 0 Å². The van der Waals surface area contributed by atoms with E-state index in [2.05, 4.69) is 20.3 Å². The molecule has 0 spiro atoms. The Kier molecular flexibility index (Phi) is 4.38. The normalized spacial score (nSPS) is 11.7. The molecule has 112 valence electrons. The van der Waals surface area contributed by atoms with E-state index in [-0.39, 0.29) is 21.8 Å². The number of halogens is 2. The van der Waals surface area contributed by atoms with Gasteiger partial charge in [0, 0.05) is 6.20 Å². The lowest BCUT2D eigenvalue weighted by molar-refractivity contribution is 0.584. The number of sulfone groups is 1. The van der Waals surface area contributed by atoms with Gasteiger partial charge in [-0.05, 0) is 37.6 Å². The molecule has 2 aromatic heterocycles. The molecule has 0 radical (unpaired) electrons. The predicted molar refractivity (Wildman–Crippen MR) is 76.8 cm³/mol. The number of hydrogen-bond donors (Lipinski definition) is 1. The van der Waals surface area contributed by atoms with Crippen molar-refractivity contribution in [2.75, 3.05) is 5.32 Å². The third-order valence-electron chi connectivity index (χ3n) is 2.63. The first kappa shape index (κ1) is 15.6. The predicted octanol–water partition coefficient (Wildman–Crippen LogP) is 2.59. The van der Waals surface area contributed by atoms with E-state index in [1.165, 1.54) is 32.2 Å². The van der Waals surface area contributed by atoms with Gasteiger partial charge in [0.1, 0.15) is 0 Å². The zero-order valence-corrected chi connectivity index (χ0v) is 12.8. The lowest BCUT2D eigenvalue weighted by Gasteiger charge is -2.13. The van der Waals surface area contributed by atoms with E-state index >= 15 is 0 Å². The minimum Gasteiger partial charge on any atom is -0.335 e. The van der Waals surface area contributed by atoms with Crippen LogP contribution in [0.5, 0.6) is 0 Å². The molecule has 0 bridgehead atoms. The van der Waals surface area contributed by atoms with E-state index < -0.39 is 20.9 Å². The maximum Gasteiger partial charge on any atom is 0.224 e. The Morgan fingerprint density at radius 2 is 2.05 bits per heavy atom. The monoisotopic (exact) mass is 330 g/mol. The molecule has 2 heterocycles. The fourth-order valence-electron chi connectivity index (χ4n) is 1.50. The summed E-state index contributed by atoms with van der Waals surface area (Å²) in [6.07, 6.45) is 2.24. The minimum atomic E-state index is -3.62. The van der Waals surface area contributed by atoms with Crippen LogP contribution >= 0.6 is 11.6 Å². The van der Waals surface area contributed by atoms with E-state index in [9.17, 15) is 12.8 Å². The zero-order chi connectivity index (χ0) is 15.6. The first-order valence-electron chi connectivity index (χ1n) is 5.96. The van der Waals surface area contributed by atoms with Gasteiger partial charge in [0.05, 0.1) is 17.1 Å². The number of rotatable bonds is 4. The van der Waals surface area contributed by atoms with Crippen molar-refractivity contribution in [1.29, 1.82) is 0 Å². The molecule has 2 rings (SSSR count). The molecule has 0 fully saturated rings. The molecule has 0 saturated heterocycles. The second-order valence-electron chi connectivity index (χ2n) is 4.41. The summed E-state index contributed by atoms with van der Waals surface area (Å²) in [5.74, 6) is -0.973. The van der Waals surface area contributed by atoms with E-state index in [4.69, 9.17) is 11.6 Å². The van der Waals surface area contributed by atoms with Crippen LogP contribution < -0.4 is 5.32 Å². The van der Waals surface area contributed by atoms with Crippen LogP contribution in [-0.2, 0) is 9.84 Å². The van der Waals surface area contributed by atoms with Crippen LogP contribution in [0.1, 0.15) is 13.8 Å². The molecule has 0 aliphatic rings. The molecule has 0 aromatic carbocycles. The Morgan fingerprint density at radius 1 is 1.33 bits per heavy atom. The summed E-state index contributed by atoms with van der Waals surface area (Å²) in [7, 11) is -3.62. The first-order valence-corrected chi connectivity index (χ1v) is 7.88. The van der Waals surface area contributed by atoms with Crippen LogP contribution in [0.3, 0.4) is 0 Å². The second kappa shape index (κ2) is 5.90. The fourth-order valence-corrected chi connectivity index (χ4v) is 2.71. The van der Waals surface area contributed by atoms with Gasteiger partial charge in [-0.25, -0.2) is 22.8 Å². The smallest absolute Gasteiger partial charge is 0.224 e. The Hall–Kier alpha value is -1.80. The van der Waals surface area contributed by atoms with Crippen molar-refractivity contribution in [3.8, 4) is 0 Å². The zero-order valence-electron chi connectivity index (χ0n) is 11.2. The van der Waals surface area contributed by atoms with Crippen LogP contribution in [-0.4, -0.2) is 28.6 Å². The van der Waals surface area contributed by atoms with Gasteiger partial charge in [-0.3, -0.25) is 0 Å². The van der Waals surface area contributed by atoms with Crippen molar-refractivity contribution in [3.63, 3.8) is 0 Å². The Balaban J connectivity index is 2.49. The second-order valence-corrected chi connectivity index (χ2v) is 7.17. The summed E-state index contributed by atoms with van der Waals surface area (Å²) in [6, 6.07) is 3.00. The van der Waals surface area contributed by atoms with Gasteiger partial charge < -0.3 is 5.32 Å². The van der Waals surface area contributed by atoms with E-state index in [0.29, 0.717) is 0 Å². The number of pyridine rings is 1. The third-order valence-corrected chi connectivity index (χ3v) is 4.92. The summed E-state index contributed by atoms with van der Waals surface area (Å²) < 4.78 is 38.1. The van der Waals surface area contributed by atoms with Gasteiger partial charge >= 0.3 is 0 Å². The van der Waals surface area contributed by atoms with Crippen LogP contribution in [0, 0.1) is 5.82 Å². The van der Waals surface area contributed by atoms with E-state index in [1.54, 1.807) is 0 Å². The standard InChI is InChI=1S/C12H12ClFN4O2S/c1-7(2)21(19,20)11-9(4-3-5-15-11)17-10-8(14)6-16-12(13)18-10/h3-7H,1-2H3,(H,16,17,18). The number of hydrogen-bond acceptors (Lipinski definition) is 6. The molecular formula is C12H12ClFN4O2S. The average molecular weight is 331 g/mol. The highest BCUT2D eigenvalue weighted by molar-refractivity contribution is 7.92. The van der Waals surface area contributed by atoms with Crippen molar-refractivity contribution < 1.29 is 12.8 Å². The first-order chi connectivity index (χ1) is 9.82. The van der Waals surface area contributed by atoms with E-state index in [1.807, 2.05) is 0 Å². The van der Waals surface area contributed by atoms with Crippen molar-refractivity contribution in [2.24, 2.45) is 0 Å². The van der Waals surface area contributed by atoms with Gasteiger partial charge in [0.15, 0.2) is 26.5 Å². The van der Waals surface area contributed by atoms with Gasteiger partial charge in [-0.1, -0.05) is 0 Å². The van der Waals surface area contributed by atoms with Crippen LogP contribution in [0.15, 0.2) is 29.6 Å². The molecule has 0 saturated carbocycles. The molecule has 0 atom stereocenters. The summed E-state index contributed by atoms with van der Waals surface area (Å²) >= 11 is 5.60. The molecule has 9 heteroatoms. The maximum absolute atomic E-state index is 13.6. The molecule has 0 unspecified atom stereocenters. The molecule has 6 nitrogen and oxygen atoms in total. The molecule has 1 N–H and O–H groups in total. The van der Waals surface area contributed by atoms with Crippen LogP contribution in [0.2, 0.25) is 5.28 Å². The average Bonchev–Trinajstić information content (AvgIpc) is 2.43. The van der Waals surface area contributed by atoms with Crippen LogP contribution in [0.25, 0.3) is 0 Å². The number of anilines is 2. The Bertz CT molecular complexity index is 768. The highest BCUT2D eigenvalue weighted by Crippen LogP contribution is 2.26. The lowest BCUT2D eigenvalue weighted by Crippen LogP contribution is -2.17. The van der Waals surface area contributed by atoms with Crippen molar-refractivity contribution in [2.45, 2.75) is 24.1 Å². The van der Waals surface area contributed by atoms with Crippen molar-refractivity contribution in [3.05, 3.63) is 35.6 Å². The number of aromatic nitrogens is 3. The minimum absolute atomic E-state index is 0.125. The summed E-state index contributed by atoms with van der Waals surface area (Å²) in [5, 5.41) is 1.60. The van der Waals surface area contributed by atoms with Crippen LogP contribution in [0.4, 0.5) is 15.9 Å². The maximum atomic E-state index is 13.6. The van der Waals surface area contributed by atoms with Crippen molar-refractivity contribution in [1.82, 2.24) is 15.0 Å². The molecule has 0 amide bonds. The summed E-state index contributed by atoms with van der Waals surface area (Å²) in [4.78, 5) is 11.0. The highest BCUT2D eigenvalue weighted by atomic mass is 35.5. The van der Waals surface area contributed by atoms with Crippen molar-refractivity contribution >= 4 is 32.9 Å². The summed E-state index contributed by atoms with van der Waals surface area (Å²) in [5.41, 5.74) is 0.125. The third kappa shape index (κ3) is 3.27. The molecule has 0 aliphatic heterocycles. The Morgan fingerprint density at radius 3 is 2.71 bits per heavy atom. The fraction of sp³-hybridized carbons (Fsp3) is 0.250. The number of nitrogens with zero attached hydrogens (tertiary/aromatic N) is 3. The largest absolute Gasteiger partial charge is 0.335 e. The quantitative estimate of drug-likeness (QED) is 0.867. The molecule has 0 aliphatic carbocycles.